The molecule has 0 aliphatic carbocycles. The summed E-state index contributed by atoms with van der Waals surface area (Å²) in [6, 6.07) is 2.27. The van der Waals surface area contributed by atoms with Crippen LogP contribution in [0.15, 0.2) is 16.8 Å². The number of aryl methyl sites for hydroxylation is 1. The van der Waals surface area contributed by atoms with Crippen molar-refractivity contribution in [1.82, 2.24) is 25.2 Å². The molecule has 1 atom stereocenters. The van der Waals surface area contributed by atoms with Gasteiger partial charge in [-0.25, -0.2) is 0 Å². The summed E-state index contributed by atoms with van der Waals surface area (Å²) < 4.78 is 7.03. The van der Waals surface area contributed by atoms with Crippen molar-refractivity contribution in [1.29, 1.82) is 0 Å². The second-order valence-corrected chi connectivity index (χ2v) is 4.63. The van der Waals surface area contributed by atoms with Gasteiger partial charge in [-0.05, 0) is 19.0 Å². The van der Waals surface area contributed by atoms with Crippen LogP contribution in [0.3, 0.4) is 0 Å². The number of aromatic nitrogens is 4. The molecule has 2 aromatic heterocycles. The van der Waals surface area contributed by atoms with Crippen molar-refractivity contribution in [3.63, 3.8) is 0 Å². The highest BCUT2D eigenvalue weighted by Gasteiger charge is 2.15. The zero-order valence-electron chi connectivity index (χ0n) is 11.8. The molecule has 0 saturated carbocycles. The van der Waals surface area contributed by atoms with Crippen molar-refractivity contribution in [3.05, 3.63) is 18.2 Å². The largest absolute Gasteiger partial charge is 0.339 e. The smallest absolute Gasteiger partial charge is 0.228 e. The summed E-state index contributed by atoms with van der Waals surface area (Å²) in [5, 5.41) is 11.7. The minimum absolute atomic E-state index is 0.395. The van der Waals surface area contributed by atoms with Crippen LogP contribution in [0, 0.1) is 0 Å². The Morgan fingerprint density at radius 1 is 1.42 bits per heavy atom. The monoisotopic (exact) mass is 263 g/mol. The highest BCUT2D eigenvalue weighted by molar-refractivity contribution is 5.46. The molecule has 2 rings (SSSR count). The Morgan fingerprint density at radius 3 is 2.89 bits per heavy atom. The van der Waals surface area contributed by atoms with E-state index >= 15 is 0 Å². The van der Waals surface area contributed by atoms with E-state index in [0.717, 1.165) is 31.5 Å². The second-order valence-electron chi connectivity index (χ2n) is 4.63. The predicted octanol–water partition coefficient (Wildman–Crippen LogP) is 1.79. The Balaban J connectivity index is 2.03. The first-order valence-corrected chi connectivity index (χ1v) is 6.79. The van der Waals surface area contributed by atoms with E-state index in [-0.39, 0.29) is 0 Å². The molecule has 104 valence electrons. The van der Waals surface area contributed by atoms with E-state index in [4.69, 9.17) is 4.52 Å². The Kier molecular flexibility index (Phi) is 4.68. The van der Waals surface area contributed by atoms with Crippen LogP contribution >= 0.6 is 0 Å². The minimum Gasteiger partial charge on any atom is -0.339 e. The lowest BCUT2D eigenvalue weighted by Gasteiger charge is -2.14. The van der Waals surface area contributed by atoms with Gasteiger partial charge in [0, 0.05) is 25.7 Å². The highest BCUT2D eigenvalue weighted by Crippen LogP contribution is 2.14. The molecule has 1 N–H and O–H groups in total. The van der Waals surface area contributed by atoms with Crippen molar-refractivity contribution >= 4 is 0 Å². The van der Waals surface area contributed by atoms with Crippen LogP contribution in [0.4, 0.5) is 0 Å². The quantitative estimate of drug-likeness (QED) is 0.824. The zero-order chi connectivity index (χ0) is 13.7. The van der Waals surface area contributed by atoms with Crippen molar-refractivity contribution in [2.45, 2.75) is 39.2 Å². The molecule has 0 fully saturated rings. The van der Waals surface area contributed by atoms with Gasteiger partial charge in [0.2, 0.25) is 11.7 Å². The van der Waals surface area contributed by atoms with Crippen LogP contribution in [0.1, 0.15) is 32.6 Å². The lowest BCUT2D eigenvalue weighted by atomic mass is 10.1. The van der Waals surface area contributed by atoms with E-state index in [1.165, 1.54) is 0 Å². The molecule has 6 heteroatoms. The van der Waals surface area contributed by atoms with E-state index in [1.807, 2.05) is 19.3 Å². The summed E-state index contributed by atoms with van der Waals surface area (Å²) in [5.41, 5.74) is 0.744. The van der Waals surface area contributed by atoms with Crippen LogP contribution < -0.4 is 5.32 Å². The van der Waals surface area contributed by atoms with Gasteiger partial charge in [-0.3, -0.25) is 4.68 Å². The molecule has 0 amide bonds. The minimum atomic E-state index is 0.395. The molecule has 0 bridgehead atoms. The average Bonchev–Trinajstić information content (AvgIpc) is 2.99. The van der Waals surface area contributed by atoms with Crippen LogP contribution in [-0.4, -0.2) is 32.5 Å². The Morgan fingerprint density at radius 2 is 2.26 bits per heavy atom. The maximum Gasteiger partial charge on any atom is 0.228 e. The van der Waals surface area contributed by atoms with Crippen LogP contribution in [0.2, 0.25) is 0 Å². The first-order valence-electron chi connectivity index (χ1n) is 6.79. The zero-order valence-corrected chi connectivity index (χ0v) is 11.8. The van der Waals surface area contributed by atoms with Gasteiger partial charge in [-0.2, -0.15) is 10.1 Å². The standard InChI is InChI=1S/C13H21N5O/c1-4-6-10(14-5-2)9-12-15-13(17-19-12)11-7-8-18(3)16-11/h7-8,10,14H,4-6,9H2,1-3H3. The summed E-state index contributed by atoms with van der Waals surface area (Å²) >= 11 is 0. The molecule has 0 radical (unpaired) electrons. The van der Waals surface area contributed by atoms with Gasteiger partial charge >= 0.3 is 0 Å². The summed E-state index contributed by atoms with van der Waals surface area (Å²) in [6.45, 7) is 5.24. The van der Waals surface area contributed by atoms with Gasteiger partial charge in [-0.1, -0.05) is 25.4 Å². The summed E-state index contributed by atoms with van der Waals surface area (Å²) in [6.07, 6.45) is 4.87. The van der Waals surface area contributed by atoms with Gasteiger partial charge < -0.3 is 9.84 Å². The Bertz CT molecular complexity index is 499. The van der Waals surface area contributed by atoms with Crippen LogP contribution in [0.25, 0.3) is 11.5 Å². The molecular weight excluding hydrogens is 242 g/mol. The Hall–Kier alpha value is -1.69. The van der Waals surface area contributed by atoms with Crippen LogP contribution in [0.5, 0.6) is 0 Å². The molecule has 1 unspecified atom stereocenters. The molecule has 19 heavy (non-hydrogen) atoms. The lowest BCUT2D eigenvalue weighted by molar-refractivity contribution is 0.352. The van der Waals surface area contributed by atoms with Crippen molar-refractivity contribution in [2.75, 3.05) is 6.54 Å². The number of nitrogens with one attached hydrogen (secondary N) is 1. The summed E-state index contributed by atoms with van der Waals surface area (Å²) in [4.78, 5) is 4.40. The third kappa shape index (κ3) is 3.64. The van der Waals surface area contributed by atoms with Gasteiger partial charge in [0.15, 0.2) is 0 Å². The number of hydrogen-bond donors (Lipinski definition) is 1. The molecule has 2 aromatic rings. The first kappa shape index (κ1) is 13.7. The van der Waals surface area contributed by atoms with Gasteiger partial charge in [-0.15, -0.1) is 0 Å². The van der Waals surface area contributed by atoms with Gasteiger partial charge in [0.25, 0.3) is 0 Å². The average molecular weight is 263 g/mol. The van der Waals surface area contributed by atoms with Crippen molar-refractivity contribution in [2.24, 2.45) is 7.05 Å². The van der Waals surface area contributed by atoms with Crippen molar-refractivity contribution in [3.8, 4) is 11.5 Å². The van der Waals surface area contributed by atoms with Crippen molar-refractivity contribution < 1.29 is 4.52 Å². The maximum atomic E-state index is 5.30. The molecule has 0 aliphatic rings. The van der Waals surface area contributed by atoms with E-state index in [1.54, 1.807) is 4.68 Å². The molecule has 0 spiro atoms. The maximum absolute atomic E-state index is 5.30. The second kappa shape index (κ2) is 6.47. The normalized spacial score (nSPS) is 12.8. The third-order valence-corrected chi connectivity index (χ3v) is 2.96. The van der Waals surface area contributed by atoms with Gasteiger partial charge in [0.1, 0.15) is 5.69 Å². The lowest BCUT2D eigenvalue weighted by Crippen LogP contribution is -2.30. The molecule has 2 heterocycles. The third-order valence-electron chi connectivity index (χ3n) is 2.96. The van der Waals surface area contributed by atoms with E-state index in [0.29, 0.717) is 17.8 Å². The summed E-state index contributed by atoms with van der Waals surface area (Å²) in [7, 11) is 1.87. The number of hydrogen-bond acceptors (Lipinski definition) is 5. The molecule has 0 aliphatic heterocycles. The highest BCUT2D eigenvalue weighted by atomic mass is 16.5. The predicted molar refractivity (Wildman–Crippen MR) is 72.6 cm³/mol. The number of rotatable bonds is 7. The number of likely N-dealkylation sites (N-methyl/N-ethyl adjacent to an activating group) is 1. The SMILES string of the molecule is CCCC(Cc1nc(-c2ccn(C)n2)no1)NCC. The molecule has 0 aromatic carbocycles. The van der Waals surface area contributed by atoms with E-state index in [2.05, 4.69) is 34.4 Å². The Labute approximate surface area is 113 Å². The fourth-order valence-corrected chi connectivity index (χ4v) is 2.10. The van der Waals surface area contributed by atoms with E-state index in [9.17, 15) is 0 Å². The topological polar surface area (TPSA) is 68.8 Å². The fourth-order valence-electron chi connectivity index (χ4n) is 2.10. The van der Waals surface area contributed by atoms with Gasteiger partial charge in [0.05, 0.1) is 0 Å². The first-order chi connectivity index (χ1) is 9.22. The molecule has 6 nitrogen and oxygen atoms in total. The summed E-state index contributed by atoms with van der Waals surface area (Å²) in [5.74, 6) is 1.22. The molecule has 0 saturated heterocycles. The molecular formula is C13H21N5O. The van der Waals surface area contributed by atoms with Crippen LogP contribution in [-0.2, 0) is 13.5 Å². The fraction of sp³-hybridized carbons (Fsp3) is 0.615. The number of nitrogens with zero attached hydrogens (tertiary/aromatic N) is 4. The van der Waals surface area contributed by atoms with E-state index < -0.39 is 0 Å².